The molecule has 2 aromatic rings. The molecule has 1 heterocycles. The number of carbonyl (C=O) groups excluding carboxylic acids is 1. The van der Waals surface area contributed by atoms with Crippen LogP contribution in [-0.2, 0) is 0 Å². The molecule has 6 heteroatoms. The summed E-state index contributed by atoms with van der Waals surface area (Å²) in [6.45, 7) is 1.71. The van der Waals surface area contributed by atoms with Crippen molar-refractivity contribution in [2.75, 3.05) is 5.32 Å². The number of carbonyl (C=O) groups is 1. The predicted molar refractivity (Wildman–Crippen MR) is 59.0 cm³/mol. The molecule has 0 bridgehead atoms. The second-order valence-electron chi connectivity index (χ2n) is 3.45. The SMILES string of the molecule is Cc1coc(NC(=O)c2cc(O)ccc2O)n1. The van der Waals surface area contributed by atoms with Gasteiger partial charge in [0.25, 0.3) is 5.91 Å². The third-order valence-electron chi connectivity index (χ3n) is 2.06. The molecule has 0 spiro atoms. The van der Waals surface area contributed by atoms with E-state index in [-0.39, 0.29) is 23.1 Å². The van der Waals surface area contributed by atoms with Crippen LogP contribution in [0.25, 0.3) is 0 Å². The van der Waals surface area contributed by atoms with Crippen LogP contribution < -0.4 is 5.32 Å². The second kappa shape index (κ2) is 4.17. The van der Waals surface area contributed by atoms with Crippen LogP contribution in [-0.4, -0.2) is 21.1 Å². The summed E-state index contributed by atoms with van der Waals surface area (Å²) in [5, 5.41) is 21.1. The smallest absolute Gasteiger partial charge is 0.301 e. The Bertz CT molecular complexity index is 562. The lowest BCUT2D eigenvalue weighted by atomic mass is 10.2. The van der Waals surface area contributed by atoms with E-state index in [9.17, 15) is 15.0 Å². The minimum atomic E-state index is -0.611. The van der Waals surface area contributed by atoms with Crippen molar-refractivity contribution in [3.8, 4) is 11.5 Å². The van der Waals surface area contributed by atoms with Gasteiger partial charge in [-0.1, -0.05) is 0 Å². The molecule has 2 rings (SSSR count). The van der Waals surface area contributed by atoms with Crippen LogP contribution in [0.2, 0.25) is 0 Å². The lowest BCUT2D eigenvalue weighted by Gasteiger charge is -2.03. The molecule has 0 aliphatic heterocycles. The number of oxazole rings is 1. The van der Waals surface area contributed by atoms with Crippen LogP contribution in [0, 0.1) is 6.92 Å². The zero-order chi connectivity index (χ0) is 12.4. The van der Waals surface area contributed by atoms with Crippen molar-refractivity contribution in [2.45, 2.75) is 6.92 Å². The number of nitrogens with zero attached hydrogens (tertiary/aromatic N) is 1. The molecule has 88 valence electrons. The van der Waals surface area contributed by atoms with Crippen LogP contribution in [0.3, 0.4) is 0 Å². The number of rotatable bonds is 2. The quantitative estimate of drug-likeness (QED) is 0.686. The molecule has 0 radical (unpaired) electrons. The molecule has 1 aromatic heterocycles. The van der Waals surface area contributed by atoms with Crippen LogP contribution in [0.15, 0.2) is 28.9 Å². The normalized spacial score (nSPS) is 10.2. The number of phenolic OH excluding ortho intramolecular Hbond substituents is 2. The van der Waals surface area contributed by atoms with Crippen LogP contribution in [0.1, 0.15) is 16.1 Å². The van der Waals surface area contributed by atoms with Gasteiger partial charge in [0, 0.05) is 0 Å². The average molecular weight is 234 g/mol. The summed E-state index contributed by atoms with van der Waals surface area (Å²) in [5.74, 6) is -0.958. The largest absolute Gasteiger partial charge is 0.508 e. The highest BCUT2D eigenvalue weighted by molar-refractivity contribution is 6.05. The van der Waals surface area contributed by atoms with E-state index < -0.39 is 5.91 Å². The fraction of sp³-hybridized carbons (Fsp3) is 0.0909. The van der Waals surface area contributed by atoms with Crippen molar-refractivity contribution in [3.05, 3.63) is 35.7 Å². The minimum Gasteiger partial charge on any atom is -0.508 e. The number of benzene rings is 1. The van der Waals surface area contributed by atoms with Crippen LogP contribution >= 0.6 is 0 Å². The van der Waals surface area contributed by atoms with Gasteiger partial charge in [-0.15, -0.1) is 0 Å². The van der Waals surface area contributed by atoms with E-state index in [4.69, 9.17) is 4.42 Å². The van der Waals surface area contributed by atoms with Gasteiger partial charge < -0.3 is 14.6 Å². The molecule has 6 nitrogen and oxygen atoms in total. The number of amides is 1. The third-order valence-corrected chi connectivity index (χ3v) is 2.06. The molecule has 0 fully saturated rings. The van der Waals surface area contributed by atoms with Crippen molar-refractivity contribution >= 4 is 11.9 Å². The zero-order valence-electron chi connectivity index (χ0n) is 8.97. The van der Waals surface area contributed by atoms with Crippen molar-refractivity contribution in [3.63, 3.8) is 0 Å². The summed E-state index contributed by atoms with van der Waals surface area (Å²) < 4.78 is 4.94. The fourth-order valence-corrected chi connectivity index (χ4v) is 1.28. The van der Waals surface area contributed by atoms with Gasteiger partial charge in [-0.05, 0) is 25.1 Å². The highest BCUT2D eigenvalue weighted by atomic mass is 16.4. The number of hydrogen-bond acceptors (Lipinski definition) is 5. The van der Waals surface area contributed by atoms with Gasteiger partial charge in [-0.25, -0.2) is 0 Å². The van der Waals surface area contributed by atoms with Gasteiger partial charge in [0.05, 0.1) is 11.3 Å². The van der Waals surface area contributed by atoms with Gasteiger partial charge in [0.15, 0.2) is 0 Å². The Morgan fingerprint density at radius 2 is 2.18 bits per heavy atom. The van der Waals surface area contributed by atoms with Crippen molar-refractivity contribution in [2.24, 2.45) is 0 Å². The highest BCUT2D eigenvalue weighted by Gasteiger charge is 2.14. The predicted octanol–water partition coefficient (Wildman–Crippen LogP) is 1.65. The number of hydrogen-bond donors (Lipinski definition) is 3. The molecular weight excluding hydrogens is 224 g/mol. The van der Waals surface area contributed by atoms with Crippen LogP contribution in [0.5, 0.6) is 11.5 Å². The van der Waals surface area contributed by atoms with Crippen molar-refractivity contribution in [1.29, 1.82) is 0 Å². The zero-order valence-corrected chi connectivity index (χ0v) is 8.97. The Kier molecular flexibility index (Phi) is 2.70. The summed E-state index contributed by atoms with van der Waals surface area (Å²) in [4.78, 5) is 15.6. The average Bonchev–Trinajstić information content (AvgIpc) is 2.67. The maximum absolute atomic E-state index is 11.7. The van der Waals surface area contributed by atoms with Crippen molar-refractivity contribution in [1.82, 2.24) is 4.98 Å². The summed E-state index contributed by atoms with van der Waals surface area (Å²) >= 11 is 0. The van der Waals surface area contributed by atoms with E-state index in [2.05, 4.69) is 10.3 Å². The molecule has 0 aliphatic rings. The summed E-state index contributed by atoms with van der Waals surface area (Å²) in [7, 11) is 0. The molecular formula is C11H10N2O4. The molecule has 0 atom stereocenters. The Hall–Kier alpha value is -2.50. The molecule has 0 saturated heterocycles. The molecule has 3 N–H and O–H groups in total. The maximum atomic E-state index is 11.7. The first-order chi connectivity index (χ1) is 8.06. The monoisotopic (exact) mass is 234 g/mol. The minimum absolute atomic E-state index is 0.0373. The molecule has 0 aliphatic carbocycles. The Morgan fingerprint density at radius 3 is 2.82 bits per heavy atom. The first-order valence-electron chi connectivity index (χ1n) is 4.82. The molecule has 1 aromatic carbocycles. The van der Waals surface area contributed by atoms with Crippen molar-refractivity contribution < 1.29 is 19.4 Å². The number of aryl methyl sites for hydroxylation is 1. The molecule has 17 heavy (non-hydrogen) atoms. The summed E-state index contributed by atoms with van der Waals surface area (Å²) in [5.41, 5.74) is 0.571. The summed E-state index contributed by atoms with van der Waals surface area (Å²) in [6.07, 6.45) is 1.39. The number of aromatic nitrogens is 1. The number of nitrogens with one attached hydrogen (secondary N) is 1. The Labute approximate surface area is 96.5 Å². The second-order valence-corrected chi connectivity index (χ2v) is 3.45. The fourth-order valence-electron chi connectivity index (χ4n) is 1.28. The number of phenols is 2. The first kappa shape index (κ1) is 11.0. The lowest BCUT2D eigenvalue weighted by molar-refractivity contribution is 0.102. The van der Waals surface area contributed by atoms with E-state index in [1.165, 1.54) is 18.4 Å². The van der Waals surface area contributed by atoms with E-state index >= 15 is 0 Å². The van der Waals surface area contributed by atoms with Gasteiger partial charge in [-0.3, -0.25) is 10.1 Å². The topological polar surface area (TPSA) is 95.6 Å². The van der Waals surface area contributed by atoms with Gasteiger partial charge >= 0.3 is 6.01 Å². The number of anilines is 1. The van der Waals surface area contributed by atoms with Crippen LogP contribution in [0.4, 0.5) is 6.01 Å². The molecule has 1 amide bonds. The molecule has 0 saturated carbocycles. The highest BCUT2D eigenvalue weighted by Crippen LogP contribution is 2.22. The summed E-state index contributed by atoms with van der Waals surface area (Å²) in [6, 6.07) is 3.70. The van der Waals surface area contributed by atoms with E-state index in [0.29, 0.717) is 5.69 Å². The van der Waals surface area contributed by atoms with E-state index in [0.717, 1.165) is 6.07 Å². The first-order valence-corrected chi connectivity index (χ1v) is 4.82. The third kappa shape index (κ3) is 2.36. The lowest BCUT2D eigenvalue weighted by Crippen LogP contribution is -2.12. The Morgan fingerprint density at radius 1 is 1.41 bits per heavy atom. The standard InChI is InChI=1S/C11H10N2O4/c1-6-5-17-11(12-6)13-10(16)8-4-7(14)2-3-9(8)15/h2-5,14-15H,1H3,(H,12,13,16). The molecule has 0 unspecified atom stereocenters. The van der Waals surface area contributed by atoms with Gasteiger partial charge in [0.2, 0.25) is 0 Å². The Balaban J connectivity index is 2.22. The number of aromatic hydroxyl groups is 2. The van der Waals surface area contributed by atoms with E-state index in [1.54, 1.807) is 6.92 Å². The van der Waals surface area contributed by atoms with Gasteiger partial charge in [-0.2, -0.15) is 4.98 Å². The van der Waals surface area contributed by atoms with Gasteiger partial charge in [0.1, 0.15) is 17.8 Å². The van der Waals surface area contributed by atoms with E-state index in [1.807, 2.05) is 0 Å². The maximum Gasteiger partial charge on any atom is 0.301 e.